The molecule has 0 saturated carbocycles. The van der Waals surface area contributed by atoms with E-state index >= 15 is 0 Å². The molecule has 0 radical (unpaired) electrons. The zero-order chi connectivity index (χ0) is 30.3. The third-order valence-electron chi connectivity index (χ3n) is 8.52. The highest BCUT2D eigenvalue weighted by Gasteiger charge is 2.28. The summed E-state index contributed by atoms with van der Waals surface area (Å²) in [4.78, 5) is 25.4. The molecule has 0 unspecified atom stereocenters. The Morgan fingerprint density at radius 3 is 2.64 bits per heavy atom. The van der Waals surface area contributed by atoms with Gasteiger partial charge in [-0.15, -0.1) is 0 Å². The van der Waals surface area contributed by atoms with Crippen LogP contribution < -0.4 is 14.8 Å². The number of nitrogens with one attached hydrogen (secondary N) is 1. The van der Waals surface area contributed by atoms with Gasteiger partial charge in [-0.2, -0.15) is 0 Å². The number of hydrogen-bond acceptors (Lipinski definition) is 10. The van der Waals surface area contributed by atoms with Crippen LogP contribution in [0.4, 0.5) is 15.9 Å². The van der Waals surface area contributed by atoms with Gasteiger partial charge in [-0.05, 0) is 69.6 Å². The number of unbranched alkanes of at least 4 members (excludes halogenated alkanes) is 1. The van der Waals surface area contributed by atoms with Crippen LogP contribution in [0, 0.1) is 5.82 Å². The van der Waals surface area contributed by atoms with Gasteiger partial charge >= 0.3 is 5.97 Å². The van der Waals surface area contributed by atoms with Gasteiger partial charge in [0.2, 0.25) is 0 Å². The monoisotopic (exact) mass is 627 g/mol. The van der Waals surface area contributed by atoms with Gasteiger partial charge in [-0.1, -0.05) is 11.6 Å². The highest BCUT2D eigenvalue weighted by Crippen LogP contribution is 2.37. The van der Waals surface area contributed by atoms with Crippen molar-refractivity contribution in [3.63, 3.8) is 0 Å². The third-order valence-corrected chi connectivity index (χ3v) is 8.81. The maximum atomic E-state index is 13.7. The first-order chi connectivity index (χ1) is 21.5. The minimum absolute atomic E-state index is 0.0269. The Bertz CT molecular complexity index is 1430. The van der Waals surface area contributed by atoms with Crippen molar-refractivity contribution in [2.24, 2.45) is 0 Å². The number of carbonyl (C=O) groups excluding carboxylic acids is 1. The first kappa shape index (κ1) is 30.8. The summed E-state index contributed by atoms with van der Waals surface area (Å²) in [6.45, 7) is 6.78. The lowest BCUT2D eigenvalue weighted by Gasteiger charge is -2.39. The van der Waals surface area contributed by atoms with Crippen LogP contribution in [0.5, 0.6) is 11.5 Å². The molecule has 6 rings (SSSR count). The topological polar surface area (TPSA) is 98.3 Å². The van der Waals surface area contributed by atoms with E-state index in [1.807, 2.05) is 12.1 Å². The Morgan fingerprint density at radius 1 is 1.00 bits per heavy atom. The molecule has 0 aliphatic carbocycles. The molecule has 236 valence electrons. The average molecular weight is 628 g/mol. The van der Waals surface area contributed by atoms with Gasteiger partial charge in [0.05, 0.1) is 36.9 Å². The Labute approximate surface area is 261 Å². The van der Waals surface area contributed by atoms with E-state index in [9.17, 15) is 9.18 Å². The Kier molecular flexibility index (Phi) is 10.3. The average Bonchev–Trinajstić information content (AvgIpc) is 3.04. The zero-order valence-corrected chi connectivity index (χ0v) is 25.6. The lowest BCUT2D eigenvalue weighted by molar-refractivity contribution is -0.152. The minimum atomic E-state index is -0.481. The summed E-state index contributed by atoms with van der Waals surface area (Å²) in [6.07, 6.45) is 7.23. The van der Waals surface area contributed by atoms with Crippen LogP contribution in [0.2, 0.25) is 5.02 Å². The van der Waals surface area contributed by atoms with Crippen LogP contribution in [0.25, 0.3) is 10.9 Å². The highest BCUT2D eigenvalue weighted by molar-refractivity contribution is 6.31. The van der Waals surface area contributed by atoms with E-state index in [0.717, 1.165) is 70.1 Å². The summed E-state index contributed by atoms with van der Waals surface area (Å²) in [6, 6.07) is 8.74. The number of cyclic esters (lactones) is 1. The van der Waals surface area contributed by atoms with Crippen LogP contribution in [0.15, 0.2) is 36.7 Å². The van der Waals surface area contributed by atoms with E-state index in [0.29, 0.717) is 67.5 Å². The van der Waals surface area contributed by atoms with Crippen molar-refractivity contribution in [2.45, 2.75) is 50.7 Å². The van der Waals surface area contributed by atoms with Crippen LogP contribution in [0.3, 0.4) is 0 Å². The minimum Gasteiger partial charge on any atom is -0.490 e. The number of aromatic nitrogens is 2. The highest BCUT2D eigenvalue weighted by atomic mass is 35.5. The second-order valence-corrected chi connectivity index (χ2v) is 11.9. The molecule has 3 aromatic rings. The second-order valence-electron chi connectivity index (χ2n) is 11.5. The molecule has 0 atom stereocenters. The number of anilines is 2. The predicted molar refractivity (Wildman–Crippen MR) is 165 cm³/mol. The molecule has 1 N–H and O–H groups in total. The Morgan fingerprint density at radius 2 is 1.84 bits per heavy atom. The Hall–Kier alpha value is -3.25. The van der Waals surface area contributed by atoms with Gasteiger partial charge in [-0.3, -0.25) is 9.69 Å². The molecule has 3 aliphatic rings. The molecular weight excluding hydrogens is 589 g/mol. The smallest absolute Gasteiger partial charge is 0.320 e. The van der Waals surface area contributed by atoms with Crippen LogP contribution in [0.1, 0.15) is 38.5 Å². The van der Waals surface area contributed by atoms with Crippen LogP contribution >= 0.6 is 11.6 Å². The molecule has 4 heterocycles. The predicted octanol–water partition coefficient (Wildman–Crippen LogP) is 5.21. The maximum Gasteiger partial charge on any atom is 0.320 e. The Balaban J connectivity index is 1.07. The van der Waals surface area contributed by atoms with E-state index in [1.54, 1.807) is 6.07 Å². The number of rotatable bonds is 11. The number of likely N-dealkylation sites (tertiary alicyclic amines) is 1. The van der Waals surface area contributed by atoms with Crippen molar-refractivity contribution in [1.29, 1.82) is 0 Å². The summed E-state index contributed by atoms with van der Waals surface area (Å²) in [5, 5.41) is 4.02. The molecule has 3 saturated heterocycles. The van der Waals surface area contributed by atoms with E-state index in [-0.39, 0.29) is 17.1 Å². The van der Waals surface area contributed by atoms with Crippen LogP contribution in [-0.4, -0.2) is 97.0 Å². The maximum absolute atomic E-state index is 13.7. The molecule has 0 amide bonds. The van der Waals surface area contributed by atoms with Gasteiger partial charge in [0.25, 0.3) is 0 Å². The van der Waals surface area contributed by atoms with Gasteiger partial charge < -0.3 is 29.2 Å². The zero-order valence-electron chi connectivity index (χ0n) is 24.8. The van der Waals surface area contributed by atoms with Crippen molar-refractivity contribution in [3.8, 4) is 11.5 Å². The standard InChI is InChI=1S/C32H39ClFN5O5/c33-26-17-22(3-4-27(26)34)37-32-25-18-30(44-24-7-14-41-15-8-24)29(19-28(25)35-21-36-32)42-13-2-1-9-38-10-5-23(6-11-38)39-12-16-43-31(40)20-39/h3-4,17-19,21,23-24H,1-2,5-16,20H2,(H,35,36,37). The number of fused-ring (bicyclic) bond motifs is 1. The number of ether oxygens (including phenoxy) is 4. The normalized spacial score (nSPS) is 19.2. The van der Waals surface area contributed by atoms with Gasteiger partial charge in [0.1, 0.15) is 30.7 Å². The number of carbonyl (C=O) groups is 1. The lowest BCUT2D eigenvalue weighted by atomic mass is 10.0. The first-order valence-corrected chi connectivity index (χ1v) is 15.9. The van der Waals surface area contributed by atoms with E-state index < -0.39 is 5.82 Å². The third kappa shape index (κ3) is 7.87. The van der Waals surface area contributed by atoms with Crippen molar-refractivity contribution >= 4 is 40.0 Å². The second kappa shape index (κ2) is 14.7. The van der Waals surface area contributed by atoms with Crippen molar-refractivity contribution in [1.82, 2.24) is 19.8 Å². The van der Waals surface area contributed by atoms with Gasteiger partial charge in [-0.25, -0.2) is 14.4 Å². The summed E-state index contributed by atoms with van der Waals surface area (Å²) in [5.74, 6) is 1.27. The van der Waals surface area contributed by atoms with Crippen molar-refractivity contribution < 1.29 is 28.1 Å². The number of esters is 1. The van der Waals surface area contributed by atoms with E-state index in [2.05, 4.69) is 25.1 Å². The molecule has 3 fully saturated rings. The van der Waals surface area contributed by atoms with E-state index in [1.165, 1.54) is 18.5 Å². The van der Waals surface area contributed by atoms with Crippen molar-refractivity contribution in [2.75, 3.05) is 64.5 Å². The summed E-state index contributed by atoms with van der Waals surface area (Å²) in [7, 11) is 0. The first-order valence-electron chi connectivity index (χ1n) is 15.5. The molecule has 2 aromatic carbocycles. The summed E-state index contributed by atoms with van der Waals surface area (Å²) < 4.78 is 37.1. The largest absolute Gasteiger partial charge is 0.490 e. The molecule has 0 spiro atoms. The fourth-order valence-electron chi connectivity index (χ4n) is 6.06. The van der Waals surface area contributed by atoms with Gasteiger partial charge in [0, 0.05) is 42.6 Å². The molecule has 12 heteroatoms. The number of benzene rings is 2. The molecule has 3 aliphatic heterocycles. The van der Waals surface area contributed by atoms with E-state index in [4.69, 9.17) is 30.5 Å². The van der Waals surface area contributed by atoms with Gasteiger partial charge in [0.15, 0.2) is 11.5 Å². The number of nitrogens with zero attached hydrogens (tertiary/aromatic N) is 4. The summed E-state index contributed by atoms with van der Waals surface area (Å²) in [5.41, 5.74) is 1.32. The molecular formula is C32H39ClFN5O5. The SMILES string of the molecule is O=C1CN(C2CCN(CCCCOc3cc4ncnc(Nc5ccc(F)c(Cl)c5)c4cc3OC3CCOCC3)CC2)CCO1. The number of morpholine rings is 1. The molecule has 1 aromatic heterocycles. The number of halogens is 2. The molecule has 0 bridgehead atoms. The quantitative estimate of drug-likeness (QED) is 0.225. The van der Waals surface area contributed by atoms with Crippen LogP contribution in [-0.2, 0) is 14.3 Å². The van der Waals surface area contributed by atoms with Crippen molar-refractivity contribution in [3.05, 3.63) is 47.5 Å². The molecule has 44 heavy (non-hydrogen) atoms. The summed E-state index contributed by atoms with van der Waals surface area (Å²) >= 11 is 5.99. The number of piperidine rings is 1. The molecule has 10 nitrogen and oxygen atoms in total. The lowest BCUT2D eigenvalue weighted by Crippen LogP contribution is -2.50. The fourth-order valence-corrected chi connectivity index (χ4v) is 6.24. The fraction of sp³-hybridized carbons (Fsp3) is 0.531. The number of hydrogen-bond donors (Lipinski definition) is 1.